The number of halogens is 1. The van der Waals surface area contributed by atoms with Crippen molar-refractivity contribution in [1.82, 2.24) is 0 Å². The monoisotopic (exact) mass is 269 g/mol. The largest absolute Gasteiger partial charge is 0.389 e. The van der Waals surface area contributed by atoms with Gasteiger partial charge >= 0.3 is 0 Å². The van der Waals surface area contributed by atoms with Crippen molar-refractivity contribution in [2.45, 2.75) is 13.8 Å². The molecule has 0 aliphatic heterocycles. The number of benzene rings is 1. The molecule has 1 aromatic rings. The zero-order valence-corrected chi connectivity index (χ0v) is 11.1. The van der Waals surface area contributed by atoms with Crippen LogP contribution in [-0.4, -0.2) is 17.4 Å². The summed E-state index contributed by atoms with van der Waals surface area (Å²) in [7, 11) is 0. The number of hydrogen-bond acceptors (Lipinski definition) is 3. The van der Waals surface area contributed by atoms with Gasteiger partial charge in [0.05, 0.1) is 5.41 Å². The molecule has 5 N–H and O–H groups in total. The lowest BCUT2D eigenvalue weighted by Gasteiger charge is -2.21. The number of nitrogens with one attached hydrogen (secondary N) is 1. The molecule has 1 rings (SSSR count). The van der Waals surface area contributed by atoms with Crippen molar-refractivity contribution in [2.75, 3.05) is 11.9 Å². The minimum absolute atomic E-state index is 0.0107. The number of primary amides is 1. The maximum Gasteiger partial charge on any atom is 0.224 e. The molecule has 0 aromatic heterocycles. The maximum atomic E-state index is 13.6. The van der Waals surface area contributed by atoms with E-state index in [4.69, 9.17) is 23.7 Å². The van der Waals surface area contributed by atoms with E-state index in [1.165, 1.54) is 12.1 Å². The molecule has 6 heteroatoms. The van der Waals surface area contributed by atoms with Crippen LogP contribution in [-0.2, 0) is 4.79 Å². The topological polar surface area (TPSA) is 81.1 Å². The molecule has 0 saturated carbocycles. The van der Waals surface area contributed by atoms with Gasteiger partial charge in [-0.05, 0) is 32.0 Å². The summed E-state index contributed by atoms with van der Waals surface area (Å²) in [5.74, 6) is -0.917. The quantitative estimate of drug-likeness (QED) is 0.705. The lowest BCUT2D eigenvalue weighted by Crippen LogP contribution is -2.37. The summed E-state index contributed by atoms with van der Waals surface area (Å²) >= 11 is 4.71. The SMILES string of the molecule is CC(C)(CNc1ccc(C(N)=S)c(F)c1)C(N)=O. The molecule has 4 nitrogen and oxygen atoms in total. The van der Waals surface area contributed by atoms with Gasteiger partial charge in [0.2, 0.25) is 5.91 Å². The number of hydrogen-bond donors (Lipinski definition) is 3. The number of amides is 1. The molecular weight excluding hydrogens is 253 g/mol. The van der Waals surface area contributed by atoms with Crippen LogP contribution in [0.3, 0.4) is 0 Å². The van der Waals surface area contributed by atoms with Crippen LogP contribution < -0.4 is 16.8 Å². The molecular formula is C12H16FN3OS. The van der Waals surface area contributed by atoms with Gasteiger partial charge in [-0.2, -0.15) is 0 Å². The van der Waals surface area contributed by atoms with Gasteiger partial charge < -0.3 is 16.8 Å². The van der Waals surface area contributed by atoms with Gasteiger partial charge in [-0.15, -0.1) is 0 Å². The molecule has 0 radical (unpaired) electrons. The van der Waals surface area contributed by atoms with Crippen molar-refractivity contribution < 1.29 is 9.18 Å². The number of rotatable bonds is 5. The van der Waals surface area contributed by atoms with Crippen LogP contribution >= 0.6 is 12.2 Å². The molecule has 0 aliphatic rings. The van der Waals surface area contributed by atoms with Crippen molar-refractivity contribution in [3.05, 3.63) is 29.6 Å². The first kappa shape index (κ1) is 14.4. The Hall–Kier alpha value is -1.69. The van der Waals surface area contributed by atoms with Crippen LogP contribution in [0.1, 0.15) is 19.4 Å². The van der Waals surface area contributed by atoms with E-state index in [2.05, 4.69) is 5.32 Å². The minimum atomic E-state index is -0.710. The zero-order valence-electron chi connectivity index (χ0n) is 10.3. The fourth-order valence-corrected chi connectivity index (χ4v) is 1.40. The molecule has 0 saturated heterocycles. The number of carbonyl (C=O) groups is 1. The second-order valence-electron chi connectivity index (χ2n) is 4.66. The van der Waals surface area contributed by atoms with Crippen molar-refractivity contribution in [1.29, 1.82) is 0 Å². The second kappa shape index (κ2) is 5.30. The van der Waals surface area contributed by atoms with Crippen LogP contribution in [0.2, 0.25) is 0 Å². The Balaban J connectivity index is 2.79. The van der Waals surface area contributed by atoms with Gasteiger partial charge in [0.25, 0.3) is 0 Å². The van der Waals surface area contributed by atoms with E-state index >= 15 is 0 Å². The predicted octanol–water partition coefficient (Wildman–Crippen LogP) is 1.38. The molecule has 0 aliphatic carbocycles. The van der Waals surface area contributed by atoms with Crippen molar-refractivity contribution in [3.63, 3.8) is 0 Å². The Bertz CT molecular complexity index is 488. The number of anilines is 1. The third-order valence-corrected chi connectivity index (χ3v) is 2.86. The predicted molar refractivity (Wildman–Crippen MR) is 73.8 cm³/mol. The Morgan fingerprint density at radius 2 is 2.06 bits per heavy atom. The van der Waals surface area contributed by atoms with Gasteiger partial charge in [-0.3, -0.25) is 4.79 Å². The highest BCUT2D eigenvalue weighted by atomic mass is 32.1. The lowest BCUT2D eigenvalue weighted by atomic mass is 9.92. The highest BCUT2D eigenvalue weighted by Gasteiger charge is 2.24. The normalized spacial score (nSPS) is 11.1. The van der Waals surface area contributed by atoms with E-state index in [-0.39, 0.29) is 10.6 Å². The molecule has 0 atom stereocenters. The van der Waals surface area contributed by atoms with Crippen LogP contribution in [0.15, 0.2) is 18.2 Å². The minimum Gasteiger partial charge on any atom is -0.389 e. The molecule has 0 unspecified atom stereocenters. The summed E-state index contributed by atoms with van der Waals surface area (Å²) < 4.78 is 13.6. The first-order valence-electron chi connectivity index (χ1n) is 5.37. The van der Waals surface area contributed by atoms with Gasteiger partial charge in [0, 0.05) is 17.8 Å². The van der Waals surface area contributed by atoms with Gasteiger partial charge in [-0.1, -0.05) is 12.2 Å². The standard InChI is InChI=1S/C12H16FN3OS/c1-12(2,11(15)17)6-16-7-3-4-8(10(14)18)9(13)5-7/h3-5,16H,6H2,1-2H3,(H2,14,18)(H2,15,17). The van der Waals surface area contributed by atoms with Crippen LogP contribution in [0.5, 0.6) is 0 Å². The third kappa shape index (κ3) is 3.40. The summed E-state index contributed by atoms with van der Waals surface area (Å²) in [4.78, 5) is 11.1. The smallest absolute Gasteiger partial charge is 0.224 e. The second-order valence-corrected chi connectivity index (χ2v) is 5.10. The van der Waals surface area contributed by atoms with Gasteiger partial charge in [0.1, 0.15) is 10.8 Å². The Morgan fingerprint density at radius 1 is 1.44 bits per heavy atom. The molecule has 1 amide bonds. The average molecular weight is 269 g/mol. The fourth-order valence-electron chi connectivity index (χ4n) is 1.24. The van der Waals surface area contributed by atoms with Crippen molar-refractivity contribution >= 4 is 28.8 Å². The lowest BCUT2D eigenvalue weighted by molar-refractivity contribution is -0.125. The number of carbonyl (C=O) groups excluding carboxylic acids is 1. The summed E-state index contributed by atoms with van der Waals surface area (Å²) in [6.07, 6.45) is 0. The summed E-state index contributed by atoms with van der Waals surface area (Å²) in [5, 5.41) is 2.95. The Kier molecular flexibility index (Phi) is 4.24. The molecule has 0 fully saturated rings. The van der Waals surface area contributed by atoms with Crippen LogP contribution in [0, 0.1) is 11.2 Å². The molecule has 1 aromatic carbocycles. The van der Waals surface area contributed by atoms with E-state index in [9.17, 15) is 9.18 Å². The third-order valence-electron chi connectivity index (χ3n) is 2.64. The number of thiocarbonyl (C=S) groups is 1. The fraction of sp³-hybridized carbons (Fsp3) is 0.333. The Labute approximate surface area is 111 Å². The summed E-state index contributed by atoms with van der Waals surface area (Å²) in [6, 6.07) is 4.43. The van der Waals surface area contributed by atoms with Crippen molar-refractivity contribution in [3.8, 4) is 0 Å². The highest BCUT2D eigenvalue weighted by Crippen LogP contribution is 2.18. The average Bonchev–Trinajstić information content (AvgIpc) is 2.25. The van der Waals surface area contributed by atoms with Crippen LogP contribution in [0.25, 0.3) is 0 Å². The number of nitrogens with two attached hydrogens (primary N) is 2. The molecule has 0 heterocycles. The Morgan fingerprint density at radius 3 is 2.50 bits per heavy atom. The van der Waals surface area contributed by atoms with Crippen LogP contribution in [0.4, 0.5) is 10.1 Å². The van der Waals surface area contributed by atoms with E-state index in [0.29, 0.717) is 12.2 Å². The van der Waals surface area contributed by atoms with E-state index < -0.39 is 17.1 Å². The summed E-state index contributed by atoms with van der Waals surface area (Å²) in [6.45, 7) is 3.73. The van der Waals surface area contributed by atoms with Gasteiger partial charge in [-0.25, -0.2) is 4.39 Å². The van der Waals surface area contributed by atoms with E-state index in [1.807, 2.05) is 0 Å². The first-order chi connectivity index (χ1) is 8.24. The van der Waals surface area contributed by atoms with Gasteiger partial charge in [0.15, 0.2) is 0 Å². The molecule has 98 valence electrons. The van der Waals surface area contributed by atoms with Crippen molar-refractivity contribution in [2.24, 2.45) is 16.9 Å². The summed E-state index contributed by atoms with van der Waals surface area (Å²) in [5.41, 5.74) is 10.6. The van der Waals surface area contributed by atoms with E-state index in [1.54, 1.807) is 19.9 Å². The maximum absolute atomic E-state index is 13.6. The highest BCUT2D eigenvalue weighted by molar-refractivity contribution is 7.80. The van der Waals surface area contributed by atoms with E-state index in [0.717, 1.165) is 0 Å². The first-order valence-corrected chi connectivity index (χ1v) is 5.78. The zero-order chi connectivity index (χ0) is 13.9. The molecule has 18 heavy (non-hydrogen) atoms. The molecule has 0 spiro atoms. The molecule has 0 bridgehead atoms.